The van der Waals surface area contributed by atoms with Crippen molar-refractivity contribution in [3.05, 3.63) is 0 Å². The second-order valence-corrected chi connectivity index (χ2v) is 5.49. The molecular formula is H22N5O12P3. The first-order valence-corrected chi connectivity index (χ1v) is 6.77. The van der Waals surface area contributed by atoms with Crippen LogP contribution in [0.25, 0.3) is 0 Å². The number of rotatable bonds is 4. The summed E-state index contributed by atoms with van der Waals surface area (Å²) < 4.78 is 34.7. The molecule has 20 heavy (non-hydrogen) atoms. The molecule has 0 fully saturated rings. The van der Waals surface area contributed by atoms with Gasteiger partial charge in [0.25, 0.3) is 7.82 Å². The Kier molecular flexibility index (Phi) is 33.2. The zero-order valence-corrected chi connectivity index (χ0v) is 14.0. The van der Waals surface area contributed by atoms with Gasteiger partial charge in [-0.15, -0.1) is 0 Å². The molecule has 134 valence electrons. The van der Waals surface area contributed by atoms with Crippen molar-refractivity contribution in [2.75, 3.05) is 0 Å². The second kappa shape index (κ2) is 15.5. The molecule has 0 aromatic rings. The number of hydrogen-bond acceptors (Lipinski definition) is 12. The number of hydrogen-bond donors (Lipinski definition) is 7. The Bertz CT molecular complexity index is 289. The summed E-state index contributed by atoms with van der Waals surface area (Å²) in [7, 11) is -17.9. The summed E-state index contributed by atoms with van der Waals surface area (Å²) in [5, 5.41) is 12.0. The van der Waals surface area contributed by atoms with Gasteiger partial charge >= 0.3 is 0 Å². The average molecular weight is 377 g/mol. The Balaban J connectivity index is -0.0000000460. The van der Waals surface area contributed by atoms with Gasteiger partial charge in [0.1, 0.15) is 0 Å². The molecule has 0 heterocycles. The summed E-state index contributed by atoms with van der Waals surface area (Å²) in [4.78, 5) is 48.6. The third-order valence-corrected chi connectivity index (χ3v) is 3.60. The molecule has 17 nitrogen and oxygen atoms in total. The molecule has 20 heteroatoms. The van der Waals surface area contributed by atoms with E-state index in [1.807, 2.05) is 0 Å². The molecule has 0 aromatic carbocycles. The van der Waals surface area contributed by atoms with Crippen molar-refractivity contribution < 1.29 is 57.3 Å². The molecule has 0 aromatic heterocycles. The quantitative estimate of drug-likeness (QED) is 0.159. The Morgan fingerprint density at radius 1 is 0.600 bits per heavy atom. The van der Waals surface area contributed by atoms with E-state index in [9.17, 15) is 38.2 Å². The fourth-order valence-electron chi connectivity index (χ4n) is 0.260. The van der Waals surface area contributed by atoms with Crippen LogP contribution in [0.1, 0.15) is 0 Å². The van der Waals surface area contributed by atoms with Crippen molar-refractivity contribution in [1.82, 2.24) is 30.8 Å². The molecule has 0 bridgehead atoms. The lowest BCUT2D eigenvalue weighted by atomic mass is 14.0. The molecule has 0 rings (SSSR count). The normalized spacial score (nSPS) is 9.75. The van der Waals surface area contributed by atoms with Crippen LogP contribution in [0.3, 0.4) is 0 Å². The van der Waals surface area contributed by atoms with Gasteiger partial charge in [-0.1, -0.05) is 0 Å². The van der Waals surface area contributed by atoms with Crippen LogP contribution in [-0.4, -0.2) is 10.5 Å². The van der Waals surface area contributed by atoms with E-state index >= 15 is 0 Å². The lowest BCUT2D eigenvalue weighted by Crippen LogP contribution is -2.22. The summed E-state index contributed by atoms with van der Waals surface area (Å²) >= 11 is 0. The maximum atomic E-state index is 10.1. The minimum atomic E-state index is -5.97. The zero-order valence-electron chi connectivity index (χ0n) is 11.3. The fraction of sp³-hybridized carbons (Fsp3) is 0. The molecule has 0 aliphatic heterocycles. The van der Waals surface area contributed by atoms with Gasteiger partial charge < -0.3 is 64.3 Å². The van der Waals surface area contributed by atoms with E-state index in [-0.39, 0.29) is 30.8 Å². The summed E-state index contributed by atoms with van der Waals surface area (Å²) in [6, 6.07) is 0. The van der Waals surface area contributed by atoms with E-state index in [0.29, 0.717) is 0 Å². The van der Waals surface area contributed by atoms with E-state index in [1.165, 1.54) is 0 Å². The van der Waals surface area contributed by atoms with Crippen molar-refractivity contribution >= 4 is 23.5 Å². The van der Waals surface area contributed by atoms with Crippen LogP contribution in [0.5, 0.6) is 0 Å². The Morgan fingerprint density at radius 3 is 0.850 bits per heavy atom. The van der Waals surface area contributed by atoms with Crippen LogP contribution >= 0.6 is 23.5 Å². The molecular weight excluding hydrogens is 355 g/mol. The monoisotopic (exact) mass is 377 g/mol. The number of quaternary nitrogens is 5. The van der Waals surface area contributed by atoms with E-state index in [2.05, 4.69) is 8.62 Å². The molecule has 0 spiro atoms. The molecule has 0 aliphatic rings. The predicted molar refractivity (Wildman–Crippen MR) is 60.2 cm³/mol. The first kappa shape index (κ1) is 42.7. The van der Waals surface area contributed by atoms with Crippen molar-refractivity contribution in [2.45, 2.75) is 0 Å². The van der Waals surface area contributed by atoms with Crippen LogP contribution in [0.2, 0.25) is 0 Å². The van der Waals surface area contributed by atoms with Gasteiger partial charge in [-0.05, 0) is 0 Å². The molecule has 0 radical (unpaired) electrons. The summed E-state index contributed by atoms with van der Waals surface area (Å²) in [6.45, 7) is 0. The van der Waals surface area contributed by atoms with Gasteiger partial charge in [0.05, 0.1) is 15.6 Å². The maximum Gasteiger partial charge on any atom is 0.275 e. The Hall–Kier alpha value is 0.130. The van der Waals surface area contributed by atoms with Gasteiger partial charge in [0.15, 0.2) is 0 Å². The van der Waals surface area contributed by atoms with E-state index in [4.69, 9.17) is 10.5 Å². The molecule has 0 saturated heterocycles. The SMILES string of the molecule is O=P([O-])([O-])OP(=O)([O-])OP(=O)([O-])[O-].OO.[NH4+].[NH4+].[NH4+].[NH4+].[NH4+]. The van der Waals surface area contributed by atoms with E-state index < -0.39 is 23.5 Å². The molecule has 0 atom stereocenters. The minimum absolute atomic E-state index is 0. The molecule has 22 N–H and O–H groups in total. The second-order valence-electron chi connectivity index (χ2n) is 1.50. The Morgan fingerprint density at radius 2 is 0.750 bits per heavy atom. The van der Waals surface area contributed by atoms with Crippen molar-refractivity contribution in [2.24, 2.45) is 0 Å². The average Bonchev–Trinajstić information content (AvgIpc) is 1.79. The van der Waals surface area contributed by atoms with Gasteiger partial charge in [0, 0.05) is 0 Å². The molecule has 0 aliphatic carbocycles. The van der Waals surface area contributed by atoms with Crippen molar-refractivity contribution in [3.63, 3.8) is 0 Å². The smallest absolute Gasteiger partial charge is 0.275 e. The van der Waals surface area contributed by atoms with Gasteiger partial charge in [0.2, 0.25) is 0 Å². The van der Waals surface area contributed by atoms with E-state index in [1.54, 1.807) is 0 Å². The molecule has 0 amide bonds. The van der Waals surface area contributed by atoms with Crippen LogP contribution in [0.4, 0.5) is 0 Å². The van der Waals surface area contributed by atoms with Gasteiger partial charge in [-0.3, -0.25) is 23.7 Å². The number of phosphoric acid groups is 3. The Labute approximate surface area is 112 Å². The predicted octanol–water partition coefficient (Wildman–Crippen LogP) is -1.96. The third-order valence-electron chi connectivity index (χ3n) is 0.400. The highest BCUT2D eigenvalue weighted by Gasteiger charge is 2.13. The van der Waals surface area contributed by atoms with Crippen LogP contribution in [0, 0.1) is 0 Å². The highest BCUT2D eigenvalue weighted by atomic mass is 31.3. The highest BCUT2D eigenvalue weighted by Crippen LogP contribution is 2.57. The highest BCUT2D eigenvalue weighted by molar-refractivity contribution is 7.64. The first-order valence-electron chi connectivity index (χ1n) is 2.39. The topological polar surface area (TPSA) is 408 Å². The molecule has 0 unspecified atom stereocenters. The summed E-state index contributed by atoms with van der Waals surface area (Å²) in [5.74, 6) is 0. The minimum Gasteiger partial charge on any atom is -0.790 e. The van der Waals surface area contributed by atoms with E-state index in [0.717, 1.165) is 0 Å². The van der Waals surface area contributed by atoms with Crippen LogP contribution in [-0.2, 0) is 22.3 Å². The zero-order chi connectivity index (χ0) is 12.9. The van der Waals surface area contributed by atoms with Crippen LogP contribution in [0.15, 0.2) is 0 Å². The maximum absolute atomic E-state index is 10.1. The third kappa shape index (κ3) is 36.2. The van der Waals surface area contributed by atoms with Crippen molar-refractivity contribution in [3.8, 4) is 0 Å². The summed E-state index contributed by atoms with van der Waals surface area (Å²) in [5.41, 5.74) is 0. The lowest BCUT2D eigenvalue weighted by molar-refractivity contribution is -0.345. The first-order chi connectivity index (χ1) is 6.41. The van der Waals surface area contributed by atoms with Crippen LogP contribution < -0.4 is 55.2 Å². The summed E-state index contributed by atoms with van der Waals surface area (Å²) in [6.07, 6.45) is 0. The standard InChI is InChI=1S/5H3N.H5O10P3.H2O2/c;;;;;1-11(2,3)9-13(7,8)10-12(4,5)6;1-2/h5*1H3;(H,7,8)(H2,1,2,3)(H2,4,5,6);1-2H. The molecule has 0 saturated carbocycles. The largest absolute Gasteiger partial charge is 0.790 e. The van der Waals surface area contributed by atoms with Gasteiger partial charge in [-0.2, -0.15) is 0 Å². The lowest BCUT2D eigenvalue weighted by Gasteiger charge is -2.40. The van der Waals surface area contributed by atoms with Gasteiger partial charge in [-0.25, -0.2) is 0 Å². The van der Waals surface area contributed by atoms with Crippen molar-refractivity contribution in [1.29, 1.82) is 0 Å². The fourth-order valence-corrected chi connectivity index (χ4v) is 2.61.